The van der Waals surface area contributed by atoms with E-state index in [9.17, 15) is 8.78 Å². The maximum atomic E-state index is 14.6. The van der Waals surface area contributed by atoms with Crippen molar-refractivity contribution < 1.29 is 8.78 Å². The molecule has 2 aromatic heterocycles. The van der Waals surface area contributed by atoms with Gasteiger partial charge >= 0.3 is 0 Å². The number of nitrogens with two attached hydrogens (primary N) is 2. The summed E-state index contributed by atoms with van der Waals surface area (Å²) in [5, 5.41) is 9.06. The van der Waals surface area contributed by atoms with E-state index in [1.165, 1.54) is 24.5 Å². The standard InChI is InChI=1S/C19H13F2N7.2C2H6/c20-14-6-12(23)5-4-11(14)8-28-9-25-17-16(26-19(24)27-18(17)28)13-3-1-2-10(7-22)15(13)21;2*1-2/h1-6,9H,8,23H2,(H2,24,26,27);2*1-2H3. The molecule has 0 aliphatic heterocycles. The molecule has 0 spiro atoms. The minimum Gasteiger partial charge on any atom is -0.399 e. The zero-order chi connectivity index (χ0) is 23.8. The lowest BCUT2D eigenvalue weighted by Crippen LogP contribution is -2.05. The lowest BCUT2D eigenvalue weighted by molar-refractivity contribution is 0.602. The molecule has 0 radical (unpaired) electrons. The Labute approximate surface area is 185 Å². The van der Waals surface area contributed by atoms with E-state index >= 15 is 0 Å². The number of hydrogen-bond donors (Lipinski definition) is 2. The first-order valence-corrected chi connectivity index (χ1v) is 10.2. The van der Waals surface area contributed by atoms with Crippen molar-refractivity contribution >= 4 is 22.8 Å². The van der Waals surface area contributed by atoms with Crippen LogP contribution >= 0.6 is 0 Å². The van der Waals surface area contributed by atoms with Crippen molar-refractivity contribution in [3.63, 3.8) is 0 Å². The molecule has 0 atom stereocenters. The Balaban J connectivity index is 0.000000860. The Morgan fingerprint density at radius 3 is 2.41 bits per heavy atom. The van der Waals surface area contributed by atoms with Crippen molar-refractivity contribution in [2.45, 2.75) is 34.2 Å². The minimum atomic E-state index is -0.719. The van der Waals surface area contributed by atoms with Crippen LogP contribution in [0.15, 0.2) is 42.7 Å². The second-order valence-electron chi connectivity index (χ2n) is 6.10. The molecule has 2 aromatic carbocycles. The zero-order valence-corrected chi connectivity index (χ0v) is 18.4. The topological polar surface area (TPSA) is 119 Å². The van der Waals surface area contributed by atoms with Crippen molar-refractivity contribution in [3.05, 3.63) is 65.5 Å². The van der Waals surface area contributed by atoms with Gasteiger partial charge in [0.05, 0.1) is 18.4 Å². The summed E-state index contributed by atoms with van der Waals surface area (Å²) in [5.41, 5.74) is 12.8. The molecular weight excluding hydrogens is 412 g/mol. The SMILES string of the molecule is CC.CC.N#Cc1cccc(-c2nc(N)nc3c2ncn3Cc2ccc(N)cc2F)c1F. The molecule has 0 aliphatic rings. The molecule has 32 heavy (non-hydrogen) atoms. The highest BCUT2D eigenvalue weighted by molar-refractivity contribution is 5.88. The molecule has 4 rings (SSSR count). The Bertz CT molecular complexity index is 1260. The third-order valence-corrected chi connectivity index (χ3v) is 4.27. The second kappa shape index (κ2) is 10.8. The first-order valence-electron chi connectivity index (χ1n) is 10.2. The van der Waals surface area contributed by atoms with Crippen LogP contribution in [0.5, 0.6) is 0 Å². The van der Waals surface area contributed by atoms with Gasteiger partial charge in [0.1, 0.15) is 28.9 Å². The molecule has 0 saturated carbocycles. The molecule has 9 heteroatoms. The van der Waals surface area contributed by atoms with Crippen LogP contribution in [0, 0.1) is 23.0 Å². The van der Waals surface area contributed by atoms with E-state index in [0.29, 0.717) is 22.4 Å². The molecule has 0 unspecified atom stereocenters. The summed E-state index contributed by atoms with van der Waals surface area (Å²) in [6, 6.07) is 10.6. The first-order chi connectivity index (χ1) is 15.5. The minimum absolute atomic E-state index is 0.0852. The highest BCUT2D eigenvalue weighted by atomic mass is 19.1. The molecular formula is C23H25F2N7. The maximum absolute atomic E-state index is 14.6. The predicted molar refractivity (Wildman–Crippen MR) is 122 cm³/mol. The summed E-state index contributed by atoms with van der Waals surface area (Å²) < 4.78 is 30.4. The van der Waals surface area contributed by atoms with Crippen LogP contribution in [0.3, 0.4) is 0 Å². The summed E-state index contributed by atoms with van der Waals surface area (Å²) in [4.78, 5) is 12.5. The van der Waals surface area contributed by atoms with Crippen molar-refractivity contribution in [2.24, 2.45) is 0 Å². The maximum Gasteiger partial charge on any atom is 0.222 e. The second-order valence-corrected chi connectivity index (χ2v) is 6.10. The number of benzene rings is 2. The number of imidazole rings is 1. The Hall–Kier alpha value is -4.06. The van der Waals surface area contributed by atoms with Gasteiger partial charge in [-0.3, -0.25) is 0 Å². The van der Waals surface area contributed by atoms with E-state index in [4.69, 9.17) is 16.7 Å². The molecule has 4 aromatic rings. The van der Waals surface area contributed by atoms with Crippen molar-refractivity contribution in [3.8, 4) is 17.3 Å². The molecule has 2 heterocycles. The highest BCUT2D eigenvalue weighted by Gasteiger charge is 2.19. The number of rotatable bonds is 3. The van der Waals surface area contributed by atoms with E-state index < -0.39 is 11.6 Å². The van der Waals surface area contributed by atoms with Crippen molar-refractivity contribution in [1.82, 2.24) is 19.5 Å². The lowest BCUT2D eigenvalue weighted by Gasteiger charge is -2.08. The average molecular weight is 437 g/mol. The van der Waals surface area contributed by atoms with E-state index in [-0.39, 0.29) is 29.3 Å². The summed E-state index contributed by atoms with van der Waals surface area (Å²) in [5.74, 6) is -1.27. The van der Waals surface area contributed by atoms with Crippen LogP contribution < -0.4 is 11.5 Å². The van der Waals surface area contributed by atoms with E-state index in [1.54, 1.807) is 28.8 Å². The van der Waals surface area contributed by atoms with Gasteiger partial charge in [0.2, 0.25) is 5.95 Å². The fraction of sp³-hybridized carbons (Fsp3) is 0.217. The Morgan fingerprint density at radius 2 is 1.75 bits per heavy atom. The van der Waals surface area contributed by atoms with Gasteiger partial charge in [0.25, 0.3) is 0 Å². The molecule has 0 fully saturated rings. The summed E-state index contributed by atoms with van der Waals surface area (Å²) in [6.45, 7) is 8.12. The third-order valence-electron chi connectivity index (χ3n) is 4.27. The van der Waals surface area contributed by atoms with Crippen LogP contribution in [0.2, 0.25) is 0 Å². The largest absolute Gasteiger partial charge is 0.399 e. The summed E-state index contributed by atoms with van der Waals surface area (Å²) in [6.07, 6.45) is 1.45. The summed E-state index contributed by atoms with van der Waals surface area (Å²) >= 11 is 0. The Kier molecular flexibility index (Phi) is 8.18. The van der Waals surface area contributed by atoms with Crippen LogP contribution in [0.4, 0.5) is 20.4 Å². The van der Waals surface area contributed by atoms with Gasteiger partial charge in [-0.05, 0) is 24.3 Å². The monoisotopic (exact) mass is 437 g/mol. The number of fused-ring (bicyclic) bond motifs is 1. The molecule has 0 bridgehead atoms. The molecule has 0 amide bonds. The van der Waals surface area contributed by atoms with Crippen LogP contribution in [0.1, 0.15) is 38.8 Å². The van der Waals surface area contributed by atoms with Gasteiger partial charge < -0.3 is 16.0 Å². The van der Waals surface area contributed by atoms with Gasteiger partial charge in [0.15, 0.2) is 5.65 Å². The number of anilines is 2. The van der Waals surface area contributed by atoms with Crippen molar-refractivity contribution in [2.75, 3.05) is 11.5 Å². The van der Waals surface area contributed by atoms with Gasteiger partial charge in [-0.25, -0.2) is 18.7 Å². The quantitative estimate of drug-likeness (QED) is 0.440. The molecule has 4 N–H and O–H groups in total. The lowest BCUT2D eigenvalue weighted by atomic mass is 10.1. The number of aromatic nitrogens is 4. The van der Waals surface area contributed by atoms with E-state index in [0.717, 1.165) is 0 Å². The van der Waals surface area contributed by atoms with Crippen LogP contribution in [0.25, 0.3) is 22.4 Å². The third kappa shape index (κ3) is 4.81. The number of nitrogens with zero attached hydrogens (tertiary/aromatic N) is 5. The zero-order valence-electron chi connectivity index (χ0n) is 18.4. The fourth-order valence-electron chi connectivity index (χ4n) is 2.94. The number of hydrogen-bond acceptors (Lipinski definition) is 6. The smallest absolute Gasteiger partial charge is 0.222 e. The van der Waals surface area contributed by atoms with E-state index in [1.807, 2.05) is 27.7 Å². The van der Waals surface area contributed by atoms with Crippen LogP contribution in [-0.2, 0) is 6.54 Å². The fourth-order valence-corrected chi connectivity index (χ4v) is 2.94. The van der Waals surface area contributed by atoms with Gasteiger partial charge in [-0.2, -0.15) is 10.2 Å². The number of nitrogen functional groups attached to an aromatic ring is 2. The van der Waals surface area contributed by atoms with Gasteiger partial charge in [-0.1, -0.05) is 39.8 Å². The Morgan fingerprint density at radius 1 is 1.03 bits per heavy atom. The average Bonchev–Trinajstić information content (AvgIpc) is 3.20. The van der Waals surface area contributed by atoms with Gasteiger partial charge in [0, 0.05) is 16.8 Å². The molecule has 0 aliphatic carbocycles. The highest BCUT2D eigenvalue weighted by Crippen LogP contribution is 2.29. The summed E-state index contributed by atoms with van der Waals surface area (Å²) in [7, 11) is 0. The van der Waals surface area contributed by atoms with E-state index in [2.05, 4.69) is 15.0 Å². The first kappa shape index (κ1) is 24.2. The number of nitriles is 1. The molecule has 166 valence electrons. The molecule has 0 saturated heterocycles. The van der Waals surface area contributed by atoms with Crippen molar-refractivity contribution in [1.29, 1.82) is 5.26 Å². The predicted octanol–water partition coefficient (Wildman–Crippen LogP) is 4.91. The van der Waals surface area contributed by atoms with Gasteiger partial charge in [-0.15, -0.1) is 0 Å². The van der Waals surface area contributed by atoms with Crippen LogP contribution in [-0.4, -0.2) is 19.5 Å². The molecule has 7 nitrogen and oxygen atoms in total. The number of halogens is 2. The normalized spacial score (nSPS) is 9.91.